The van der Waals surface area contributed by atoms with E-state index in [1.807, 2.05) is 11.8 Å². The second-order valence-corrected chi connectivity index (χ2v) is 4.17. The molecule has 1 N–H and O–H groups in total. The number of hydrogen-bond donors (Lipinski definition) is 1. The van der Waals surface area contributed by atoms with Gasteiger partial charge < -0.3 is 10.2 Å². The third-order valence-electron chi connectivity index (χ3n) is 2.91. The van der Waals surface area contributed by atoms with Crippen LogP contribution in [0.15, 0.2) is 18.2 Å². The maximum atomic E-state index is 13.3. The summed E-state index contributed by atoms with van der Waals surface area (Å²) in [4.78, 5) is 12.1. The first-order valence-corrected chi connectivity index (χ1v) is 5.50. The summed E-state index contributed by atoms with van der Waals surface area (Å²) in [6.45, 7) is 4.32. The van der Waals surface area contributed by atoms with Crippen LogP contribution in [-0.2, 0) is 0 Å². The van der Waals surface area contributed by atoms with Crippen LogP contribution in [-0.4, -0.2) is 30.6 Å². The normalized spacial score (nSPS) is 20.4. The average Bonchev–Trinajstić information content (AvgIpc) is 2.28. The number of benzene rings is 1. The van der Waals surface area contributed by atoms with Gasteiger partial charge in [0.1, 0.15) is 5.82 Å². The minimum absolute atomic E-state index is 0.199. The summed E-state index contributed by atoms with van der Waals surface area (Å²) in [5, 5.41) is 13.9. The molecule has 1 fully saturated rings. The van der Waals surface area contributed by atoms with Gasteiger partial charge in [0.2, 0.25) is 0 Å². The summed E-state index contributed by atoms with van der Waals surface area (Å²) in [6.07, 6.45) is 0. The highest BCUT2D eigenvalue weighted by Gasteiger charge is 2.21. The summed E-state index contributed by atoms with van der Waals surface area (Å²) in [5.41, 5.74) is 0.372. The van der Waals surface area contributed by atoms with Gasteiger partial charge in [-0.3, -0.25) is 10.1 Å². The van der Waals surface area contributed by atoms with E-state index in [9.17, 15) is 14.5 Å². The Kier molecular flexibility index (Phi) is 3.23. The van der Waals surface area contributed by atoms with Crippen molar-refractivity contribution in [3.63, 3.8) is 0 Å². The van der Waals surface area contributed by atoms with Crippen LogP contribution in [0.2, 0.25) is 0 Å². The summed E-state index contributed by atoms with van der Waals surface area (Å²) in [6, 6.07) is 3.90. The Hall–Kier alpha value is -1.69. The number of halogens is 1. The SMILES string of the molecule is CC1CNCCN1c1cc(F)cc([N+](=O)[O-])c1. The van der Waals surface area contributed by atoms with Crippen LogP contribution < -0.4 is 10.2 Å². The molecule has 1 heterocycles. The number of nitro benzene ring substituents is 1. The second-order valence-electron chi connectivity index (χ2n) is 4.17. The molecular formula is C11H14FN3O2. The van der Waals surface area contributed by atoms with Gasteiger partial charge in [-0.15, -0.1) is 0 Å². The molecule has 1 aliphatic rings. The number of hydrogen-bond acceptors (Lipinski definition) is 4. The molecule has 0 aromatic heterocycles. The van der Waals surface area contributed by atoms with Crippen molar-refractivity contribution in [2.75, 3.05) is 24.5 Å². The maximum Gasteiger partial charge on any atom is 0.274 e. The minimum atomic E-state index is -0.570. The largest absolute Gasteiger partial charge is 0.366 e. The van der Waals surface area contributed by atoms with Gasteiger partial charge in [-0.25, -0.2) is 4.39 Å². The van der Waals surface area contributed by atoms with Gasteiger partial charge >= 0.3 is 0 Å². The monoisotopic (exact) mass is 239 g/mol. The van der Waals surface area contributed by atoms with Crippen LogP contribution in [0, 0.1) is 15.9 Å². The van der Waals surface area contributed by atoms with Crippen molar-refractivity contribution in [2.45, 2.75) is 13.0 Å². The van der Waals surface area contributed by atoms with Gasteiger partial charge in [0.05, 0.1) is 11.0 Å². The van der Waals surface area contributed by atoms with Crippen LogP contribution in [0.4, 0.5) is 15.8 Å². The highest BCUT2D eigenvalue weighted by Crippen LogP contribution is 2.25. The maximum absolute atomic E-state index is 13.3. The van der Waals surface area contributed by atoms with Crippen LogP contribution in [0.25, 0.3) is 0 Å². The molecule has 1 saturated heterocycles. The molecule has 0 amide bonds. The lowest BCUT2D eigenvalue weighted by atomic mass is 10.1. The Morgan fingerprint density at radius 1 is 1.53 bits per heavy atom. The molecular weight excluding hydrogens is 225 g/mol. The molecule has 6 heteroatoms. The van der Waals surface area contributed by atoms with Crippen molar-refractivity contribution in [3.8, 4) is 0 Å². The number of rotatable bonds is 2. The van der Waals surface area contributed by atoms with Crippen molar-refractivity contribution >= 4 is 11.4 Å². The smallest absolute Gasteiger partial charge is 0.274 e. The fourth-order valence-electron chi connectivity index (χ4n) is 2.05. The summed E-state index contributed by atoms with van der Waals surface area (Å²) >= 11 is 0. The molecule has 5 nitrogen and oxygen atoms in total. The van der Waals surface area contributed by atoms with Gasteiger partial charge in [0.15, 0.2) is 0 Å². The van der Waals surface area contributed by atoms with Crippen molar-refractivity contribution in [2.24, 2.45) is 0 Å². The van der Waals surface area contributed by atoms with E-state index in [1.165, 1.54) is 12.1 Å². The summed E-state index contributed by atoms with van der Waals surface area (Å²) < 4.78 is 13.3. The van der Waals surface area contributed by atoms with Crippen LogP contribution >= 0.6 is 0 Å². The molecule has 0 aliphatic carbocycles. The number of piperazine rings is 1. The van der Waals surface area contributed by atoms with E-state index in [0.29, 0.717) is 5.69 Å². The summed E-state index contributed by atoms with van der Waals surface area (Å²) in [7, 11) is 0. The molecule has 1 unspecified atom stereocenters. The van der Waals surface area contributed by atoms with E-state index in [4.69, 9.17) is 0 Å². The van der Waals surface area contributed by atoms with Gasteiger partial charge in [-0.05, 0) is 13.0 Å². The highest BCUT2D eigenvalue weighted by atomic mass is 19.1. The van der Waals surface area contributed by atoms with E-state index in [1.54, 1.807) is 0 Å². The van der Waals surface area contributed by atoms with E-state index in [2.05, 4.69) is 5.32 Å². The lowest BCUT2D eigenvalue weighted by Gasteiger charge is -2.35. The molecule has 0 saturated carbocycles. The van der Waals surface area contributed by atoms with Crippen LogP contribution in [0.5, 0.6) is 0 Å². The Balaban J connectivity index is 2.33. The molecule has 1 aliphatic heterocycles. The number of nitrogens with one attached hydrogen (secondary N) is 1. The Labute approximate surface area is 98.4 Å². The van der Waals surface area contributed by atoms with Crippen LogP contribution in [0.3, 0.4) is 0 Å². The zero-order valence-corrected chi connectivity index (χ0v) is 9.52. The lowest BCUT2D eigenvalue weighted by Crippen LogP contribution is -2.49. The Morgan fingerprint density at radius 2 is 2.29 bits per heavy atom. The molecule has 92 valence electrons. The lowest BCUT2D eigenvalue weighted by molar-refractivity contribution is -0.385. The third kappa shape index (κ3) is 2.52. The third-order valence-corrected chi connectivity index (χ3v) is 2.91. The molecule has 1 aromatic rings. The van der Waals surface area contributed by atoms with E-state index in [-0.39, 0.29) is 11.7 Å². The van der Waals surface area contributed by atoms with Gasteiger partial charge in [-0.2, -0.15) is 0 Å². The van der Waals surface area contributed by atoms with Gasteiger partial charge in [-0.1, -0.05) is 0 Å². The molecule has 0 spiro atoms. The zero-order chi connectivity index (χ0) is 12.4. The fourth-order valence-corrected chi connectivity index (χ4v) is 2.05. The van der Waals surface area contributed by atoms with Crippen molar-refractivity contribution in [3.05, 3.63) is 34.1 Å². The molecule has 1 atom stereocenters. The average molecular weight is 239 g/mol. The topological polar surface area (TPSA) is 58.4 Å². The van der Waals surface area contributed by atoms with Gasteiger partial charge in [0.25, 0.3) is 5.69 Å². The number of anilines is 1. The first-order valence-electron chi connectivity index (χ1n) is 5.50. The van der Waals surface area contributed by atoms with E-state index >= 15 is 0 Å². The predicted molar refractivity (Wildman–Crippen MR) is 62.7 cm³/mol. The quantitative estimate of drug-likeness (QED) is 0.628. The molecule has 0 bridgehead atoms. The number of non-ortho nitro benzene ring substituents is 1. The Bertz CT molecular complexity index is 439. The van der Waals surface area contributed by atoms with Crippen molar-refractivity contribution in [1.82, 2.24) is 5.32 Å². The standard InChI is InChI=1S/C11H14FN3O2/c1-8-7-13-2-3-14(8)10-4-9(12)5-11(6-10)15(16)17/h4-6,8,13H,2-3,7H2,1H3. The number of nitrogens with zero attached hydrogens (tertiary/aromatic N) is 2. The fraction of sp³-hybridized carbons (Fsp3) is 0.455. The Morgan fingerprint density at radius 3 is 2.94 bits per heavy atom. The molecule has 1 aromatic carbocycles. The second kappa shape index (κ2) is 4.67. The van der Waals surface area contributed by atoms with Crippen molar-refractivity contribution in [1.29, 1.82) is 0 Å². The predicted octanol–water partition coefficient (Wildman–Crippen LogP) is 1.53. The molecule has 2 rings (SSSR count). The minimum Gasteiger partial charge on any atom is -0.366 e. The first kappa shape index (κ1) is 11.8. The molecule has 0 radical (unpaired) electrons. The van der Waals surface area contributed by atoms with E-state index < -0.39 is 10.7 Å². The highest BCUT2D eigenvalue weighted by molar-refractivity contribution is 5.54. The van der Waals surface area contributed by atoms with Crippen molar-refractivity contribution < 1.29 is 9.31 Å². The first-order chi connectivity index (χ1) is 8.08. The molecule has 17 heavy (non-hydrogen) atoms. The number of nitro groups is 1. The van der Waals surface area contributed by atoms with Crippen LogP contribution in [0.1, 0.15) is 6.92 Å². The van der Waals surface area contributed by atoms with E-state index in [0.717, 1.165) is 25.7 Å². The summed E-state index contributed by atoms with van der Waals surface area (Å²) in [5.74, 6) is -0.570. The van der Waals surface area contributed by atoms with Gasteiger partial charge in [0, 0.05) is 37.4 Å². The zero-order valence-electron chi connectivity index (χ0n) is 9.52.